The van der Waals surface area contributed by atoms with Crippen LogP contribution in [0.5, 0.6) is 0 Å². The van der Waals surface area contributed by atoms with Crippen LogP contribution >= 0.6 is 11.6 Å². The van der Waals surface area contributed by atoms with Crippen LogP contribution in [0, 0.1) is 0 Å². The van der Waals surface area contributed by atoms with Gasteiger partial charge < -0.3 is 10.2 Å². The molecule has 1 saturated heterocycles. The number of rotatable bonds is 1. The third-order valence-corrected chi connectivity index (χ3v) is 2.77. The number of nitrogens with zero attached hydrogens (tertiary/aromatic N) is 2. The molecule has 0 aliphatic carbocycles. The lowest BCUT2D eigenvalue weighted by molar-refractivity contribution is -0.125. The molecule has 3 amide bonds. The first kappa shape index (κ1) is 11.7. The second kappa shape index (κ2) is 4.63. The Labute approximate surface area is 104 Å². The Morgan fingerprint density at radius 1 is 1.35 bits per heavy atom. The van der Waals surface area contributed by atoms with E-state index in [1.54, 1.807) is 31.3 Å². The van der Waals surface area contributed by atoms with Crippen LogP contribution in [0.4, 0.5) is 10.5 Å². The maximum absolute atomic E-state index is 11.8. The smallest absolute Gasteiger partial charge is 0.323 e. The van der Waals surface area contributed by atoms with E-state index < -0.39 is 0 Å². The van der Waals surface area contributed by atoms with E-state index in [9.17, 15) is 9.59 Å². The van der Waals surface area contributed by atoms with E-state index in [2.05, 4.69) is 5.32 Å². The van der Waals surface area contributed by atoms with Crippen molar-refractivity contribution < 1.29 is 9.59 Å². The van der Waals surface area contributed by atoms with Gasteiger partial charge in [-0.1, -0.05) is 11.6 Å². The zero-order chi connectivity index (χ0) is 12.4. The van der Waals surface area contributed by atoms with Crippen molar-refractivity contribution in [3.05, 3.63) is 29.3 Å². The van der Waals surface area contributed by atoms with Crippen molar-refractivity contribution in [1.82, 2.24) is 9.80 Å². The molecule has 6 heteroatoms. The van der Waals surface area contributed by atoms with Crippen molar-refractivity contribution in [2.24, 2.45) is 0 Å². The molecule has 0 atom stereocenters. The summed E-state index contributed by atoms with van der Waals surface area (Å²) >= 11 is 5.74. The summed E-state index contributed by atoms with van der Waals surface area (Å²) in [5.41, 5.74) is 0.654. The predicted octanol–water partition coefficient (Wildman–Crippen LogP) is 1.60. The van der Waals surface area contributed by atoms with Crippen LogP contribution in [0.15, 0.2) is 24.3 Å². The summed E-state index contributed by atoms with van der Waals surface area (Å²) in [5, 5.41) is 3.31. The molecule has 1 N–H and O–H groups in total. The number of amides is 3. The molecule has 0 bridgehead atoms. The van der Waals surface area contributed by atoms with E-state index in [-0.39, 0.29) is 18.5 Å². The molecule has 0 radical (unpaired) electrons. The molecule has 0 saturated carbocycles. The highest BCUT2D eigenvalue weighted by Crippen LogP contribution is 2.14. The third-order valence-electron chi connectivity index (χ3n) is 2.52. The Bertz CT molecular complexity index is 447. The van der Waals surface area contributed by atoms with Crippen LogP contribution in [0.2, 0.25) is 5.02 Å². The third kappa shape index (κ3) is 2.68. The summed E-state index contributed by atoms with van der Waals surface area (Å²) in [4.78, 5) is 26.0. The Kier molecular flexibility index (Phi) is 3.19. The minimum atomic E-state index is -0.287. The SMILES string of the molecule is CN1CN(C(=O)Nc2ccc(Cl)cc2)CC1=O. The lowest BCUT2D eigenvalue weighted by atomic mass is 10.3. The lowest BCUT2D eigenvalue weighted by Gasteiger charge is -2.15. The maximum Gasteiger partial charge on any atom is 0.323 e. The Hall–Kier alpha value is -1.75. The monoisotopic (exact) mass is 253 g/mol. The predicted molar refractivity (Wildman–Crippen MR) is 64.8 cm³/mol. The summed E-state index contributed by atoms with van der Waals surface area (Å²) in [6, 6.07) is 6.52. The van der Waals surface area contributed by atoms with E-state index in [0.717, 1.165) is 0 Å². The van der Waals surface area contributed by atoms with Crippen molar-refractivity contribution in [1.29, 1.82) is 0 Å². The zero-order valence-corrected chi connectivity index (χ0v) is 10.1. The van der Waals surface area contributed by atoms with E-state index >= 15 is 0 Å². The molecule has 0 unspecified atom stereocenters. The number of urea groups is 1. The number of carbonyl (C=O) groups excluding carboxylic acids is 2. The standard InChI is InChI=1S/C11H12ClN3O2/c1-14-7-15(6-10(14)16)11(17)13-9-4-2-8(12)3-5-9/h2-5H,6-7H2,1H3,(H,13,17). The van der Waals surface area contributed by atoms with Gasteiger partial charge in [0, 0.05) is 17.8 Å². The quantitative estimate of drug-likeness (QED) is 0.827. The Morgan fingerprint density at radius 2 is 2.00 bits per heavy atom. The molecule has 17 heavy (non-hydrogen) atoms. The molecular weight excluding hydrogens is 242 g/mol. The second-order valence-corrected chi connectivity index (χ2v) is 4.30. The second-order valence-electron chi connectivity index (χ2n) is 3.87. The first-order chi connectivity index (χ1) is 8.06. The number of nitrogens with one attached hydrogen (secondary N) is 1. The molecule has 0 aromatic heterocycles. The summed E-state index contributed by atoms with van der Waals surface area (Å²) in [7, 11) is 1.66. The molecule has 1 fully saturated rings. The van der Waals surface area contributed by atoms with Gasteiger partial charge in [-0.3, -0.25) is 9.69 Å². The van der Waals surface area contributed by atoms with E-state index in [0.29, 0.717) is 17.4 Å². The van der Waals surface area contributed by atoms with Crippen molar-refractivity contribution in [3.63, 3.8) is 0 Å². The number of carbonyl (C=O) groups is 2. The van der Waals surface area contributed by atoms with Crippen molar-refractivity contribution in [2.75, 3.05) is 25.6 Å². The number of benzene rings is 1. The topological polar surface area (TPSA) is 52.6 Å². The average Bonchev–Trinajstić information content (AvgIpc) is 2.63. The highest BCUT2D eigenvalue weighted by molar-refractivity contribution is 6.30. The number of hydrogen-bond acceptors (Lipinski definition) is 2. The van der Waals surface area contributed by atoms with Crippen LogP contribution in [-0.2, 0) is 4.79 Å². The van der Waals surface area contributed by atoms with E-state index in [1.807, 2.05) is 0 Å². The van der Waals surface area contributed by atoms with Gasteiger partial charge in [-0.25, -0.2) is 4.79 Å². The van der Waals surface area contributed by atoms with Crippen molar-refractivity contribution in [3.8, 4) is 0 Å². The molecule has 1 aromatic rings. The normalized spacial score (nSPS) is 15.3. The minimum absolute atomic E-state index is 0.0590. The van der Waals surface area contributed by atoms with Gasteiger partial charge in [-0.2, -0.15) is 0 Å². The summed E-state index contributed by atoms with van der Waals surface area (Å²) in [6.07, 6.45) is 0. The molecule has 1 aromatic carbocycles. The van der Waals surface area contributed by atoms with Gasteiger partial charge in [0.05, 0.1) is 6.67 Å². The van der Waals surface area contributed by atoms with Gasteiger partial charge in [0.1, 0.15) is 6.54 Å². The molecule has 2 rings (SSSR count). The Balaban J connectivity index is 1.98. The number of anilines is 1. The number of hydrogen-bond donors (Lipinski definition) is 1. The zero-order valence-electron chi connectivity index (χ0n) is 9.31. The molecule has 0 spiro atoms. The summed E-state index contributed by atoms with van der Waals surface area (Å²) in [6.45, 7) is 0.439. The molecular formula is C11H12ClN3O2. The maximum atomic E-state index is 11.8. The van der Waals surface area contributed by atoms with Gasteiger partial charge in [-0.15, -0.1) is 0 Å². The first-order valence-electron chi connectivity index (χ1n) is 5.12. The number of likely N-dealkylation sites (N-methyl/N-ethyl adjacent to an activating group) is 1. The van der Waals surface area contributed by atoms with E-state index in [1.165, 1.54) is 9.80 Å². The fourth-order valence-electron chi connectivity index (χ4n) is 1.54. The van der Waals surface area contributed by atoms with Gasteiger partial charge >= 0.3 is 6.03 Å². The highest BCUT2D eigenvalue weighted by atomic mass is 35.5. The minimum Gasteiger partial charge on any atom is -0.326 e. The number of halogens is 1. The van der Waals surface area contributed by atoms with Gasteiger partial charge in [-0.05, 0) is 24.3 Å². The lowest BCUT2D eigenvalue weighted by Crippen LogP contribution is -2.34. The van der Waals surface area contributed by atoms with Gasteiger partial charge in [0.2, 0.25) is 5.91 Å². The first-order valence-corrected chi connectivity index (χ1v) is 5.49. The fraction of sp³-hybridized carbons (Fsp3) is 0.273. The summed E-state index contributed by atoms with van der Waals surface area (Å²) in [5.74, 6) is -0.0590. The Morgan fingerprint density at radius 3 is 2.53 bits per heavy atom. The summed E-state index contributed by atoms with van der Waals surface area (Å²) < 4.78 is 0. The molecule has 90 valence electrons. The molecule has 1 heterocycles. The largest absolute Gasteiger partial charge is 0.326 e. The van der Waals surface area contributed by atoms with Crippen LogP contribution in [-0.4, -0.2) is 42.0 Å². The van der Waals surface area contributed by atoms with Crippen LogP contribution in [0.3, 0.4) is 0 Å². The molecule has 1 aliphatic rings. The highest BCUT2D eigenvalue weighted by Gasteiger charge is 2.27. The molecule has 5 nitrogen and oxygen atoms in total. The fourth-order valence-corrected chi connectivity index (χ4v) is 1.67. The van der Waals surface area contributed by atoms with Crippen molar-refractivity contribution in [2.45, 2.75) is 0 Å². The van der Waals surface area contributed by atoms with Crippen LogP contribution in [0.25, 0.3) is 0 Å². The van der Waals surface area contributed by atoms with Crippen molar-refractivity contribution >= 4 is 29.2 Å². The van der Waals surface area contributed by atoms with Crippen LogP contribution < -0.4 is 5.32 Å². The van der Waals surface area contributed by atoms with Gasteiger partial charge in [0.25, 0.3) is 0 Å². The van der Waals surface area contributed by atoms with E-state index in [4.69, 9.17) is 11.6 Å². The molecule has 1 aliphatic heterocycles. The van der Waals surface area contributed by atoms with Gasteiger partial charge in [0.15, 0.2) is 0 Å². The van der Waals surface area contributed by atoms with Crippen LogP contribution in [0.1, 0.15) is 0 Å². The average molecular weight is 254 g/mol.